The molecule has 0 unspecified atom stereocenters. The second-order valence-corrected chi connectivity index (χ2v) is 7.77. The summed E-state index contributed by atoms with van der Waals surface area (Å²) in [6.07, 6.45) is 5.77. The summed E-state index contributed by atoms with van der Waals surface area (Å²) in [4.78, 5) is 9.20. The van der Waals surface area contributed by atoms with Gasteiger partial charge in [-0.15, -0.1) is 24.0 Å². The van der Waals surface area contributed by atoms with E-state index in [1.807, 2.05) is 49.6 Å². The molecule has 0 aliphatic heterocycles. The summed E-state index contributed by atoms with van der Waals surface area (Å²) in [6.45, 7) is 4.71. The quantitative estimate of drug-likeness (QED) is 0.255. The number of guanidine groups is 1. The summed E-state index contributed by atoms with van der Waals surface area (Å²) in [7, 11) is 0. The summed E-state index contributed by atoms with van der Waals surface area (Å²) in [5, 5.41) is 6.70. The standard InChI is InChI=1S/C24H28FN5.HI/c1-2-26-23(29-18-24(12-13-24)20-10-6-7-11-21(20)25)28-16-22-27-14-15-30(22)17-19-8-4-3-5-9-19;/h3-11,14-15H,2,12-13,16-18H2,1H3,(H2,26,28,29);1H. The van der Waals surface area contributed by atoms with E-state index >= 15 is 0 Å². The summed E-state index contributed by atoms with van der Waals surface area (Å²) in [5.74, 6) is 1.52. The van der Waals surface area contributed by atoms with Crippen LogP contribution in [-0.2, 0) is 18.5 Å². The predicted octanol–water partition coefficient (Wildman–Crippen LogP) is 4.48. The molecule has 0 saturated heterocycles. The Balaban J connectivity index is 0.00000272. The maximum atomic E-state index is 14.3. The minimum absolute atomic E-state index is 0. The van der Waals surface area contributed by atoms with Crippen molar-refractivity contribution in [1.82, 2.24) is 20.2 Å². The Morgan fingerprint density at radius 1 is 1.10 bits per heavy atom. The van der Waals surface area contributed by atoms with E-state index in [9.17, 15) is 4.39 Å². The van der Waals surface area contributed by atoms with Crippen LogP contribution in [0.5, 0.6) is 0 Å². The van der Waals surface area contributed by atoms with Crippen LogP contribution >= 0.6 is 24.0 Å². The molecule has 0 amide bonds. The number of benzene rings is 2. The van der Waals surface area contributed by atoms with E-state index in [0.717, 1.165) is 43.3 Å². The number of aromatic nitrogens is 2. The zero-order valence-corrected chi connectivity index (χ0v) is 20.1. The van der Waals surface area contributed by atoms with Crippen molar-refractivity contribution >= 4 is 29.9 Å². The van der Waals surface area contributed by atoms with Crippen molar-refractivity contribution in [2.75, 3.05) is 13.1 Å². The second-order valence-electron chi connectivity index (χ2n) is 7.77. The number of halogens is 2. The second kappa shape index (κ2) is 10.7. The van der Waals surface area contributed by atoms with Crippen LogP contribution in [0.15, 0.2) is 72.0 Å². The maximum absolute atomic E-state index is 14.3. The molecule has 0 bridgehead atoms. The van der Waals surface area contributed by atoms with Gasteiger partial charge in [-0.25, -0.2) is 14.4 Å². The molecule has 1 aliphatic carbocycles. The number of aliphatic imine (C=N–C) groups is 1. The minimum Gasteiger partial charge on any atom is -0.357 e. The third-order valence-corrected chi connectivity index (χ3v) is 5.61. The largest absolute Gasteiger partial charge is 0.357 e. The fourth-order valence-corrected chi connectivity index (χ4v) is 3.74. The van der Waals surface area contributed by atoms with Crippen LogP contribution in [0.25, 0.3) is 0 Å². The molecule has 0 spiro atoms. The van der Waals surface area contributed by atoms with Gasteiger partial charge in [0.2, 0.25) is 0 Å². The number of hydrogen-bond donors (Lipinski definition) is 2. The number of imidazole rings is 1. The summed E-state index contributed by atoms with van der Waals surface area (Å²) in [6, 6.07) is 17.4. The molecule has 2 aromatic carbocycles. The van der Waals surface area contributed by atoms with Crippen LogP contribution in [-0.4, -0.2) is 28.6 Å². The van der Waals surface area contributed by atoms with Gasteiger partial charge in [-0.05, 0) is 37.0 Å². The molecule has 1 aliphatic rings. The number of nitrogens with zero attached hydrogens (tertiary/aromatic N) is 3. The van der Waals surface area contributed by atoms with Crippen molar-refractivity contribution in [3.05, 3.63) is 89.8 Å². The van der Waals surface area contributed by atoms with Crippen LogP contribution in [0.2, 0.25) is 0 Å². The molecule has 1 heterocycles. The highest BCUT2D eigenvalue weighted by atomic mass is 127. The molecule has 0 atom stereocenters. The molecular weight excluding hydrogens is 504 g/mol. The van der Waals surface area contributed by atoms with Gasteiger partial charge in [0.05, 0.1) is 0 Å². The third-order valence-electron chi connectivity index (χ3n) is 5.61. The van der Waals surface area contributed by atoms with E-state index in [-0.39, 0.29) is 35.2 Å². The van der Waals surface area contributed by atoms with Gasteiger partial charge in [0.25, 0.3) is 0 Å². The lowest BCUT2D eigenvalue weighted by molar-refractivity contribution is 0.559. The van der Waals surface area contributed by atoms with Crippen LogP contribution in [0, 0.1) is 5.82 Å². The molecule has 2 N–H and O–H groups in total. The molecule has 5 nitrogen and oxygen atoms in total. The third kappa shape index (κ3) is 5.84. The lowest BCUT2D eigenvalue weighted by Gasteiger charge is -2.19. The fourth-order valence-electron chi connectivity index (χ4n) is 3.74. The number of rotatable bonds is 8. The topological polar surface area (TPSA) is 54.2 Å². The van der Waals surface area contributed by atoms with Gasteiger partial charge in [-0.2, -0.15) is 0 Å². The van der Waals surface area contributed by atoms with E-state index in [1.54, 1.807) is 12.1 Å². The molecule has 164 valence electrons. The first-order chi connectivity index (χ1) is 14.7. The summed E-state index contributed by atoms with van der Waals surface area (Å²) >= 11 is 0. The van der Waals surface area contributed by atoms with Crippen molar-refractivity contribution in [3.8, 4) is 0 Å². The van der Waals surface area contributed by atoms with E-state index < -0.39 is 0 Å². The van der Waals surface area contributed by atoms with Gasteiger partial charge >= 0.3 is 0 Å². The number of hydrogen-bond acceptors (Lipinski definition) is 2. The SMILES string of the molecule is CCNC(=NCc1nccn1Cc1ccccc1)NCC1(c2ccccc2F)CC1.I. The molecular formula is C24H29FIN5. The van der Waals surface area contributed by atoms with Crippen LogP contribution in [0.3, 0.4) is 0 Å². The van der Waals surface area contributed by atoms with E-state index in [4.69, 9.17) is 4.99 Å². The van der Waals surface area contributed by atoms with Crippen LogP contribution < -0.4 is 10.6 Å². The Kier molecular flexibility index (Phi) is 8.06. The molecule has 4 rings (SSSR count). The van der Waals surface area contributed by atoms with Gasteiger partial charge in [0.15, 0.2) is 5.96 Å². The van der Waals surface area contributed by atoms with E-state index in [1.165, 1.54) is 5.56 Å². The van der Waals surface area contributed by atoms with Crippen molar-refractivity contribution in [2.24, 2.45) is 4.99 Å². The molecule has 1 saturated carbocycles. The lowest BCUT2D eigenvalue weighted by Crippen LogP contribution is -2.41. The van der Waals surface area contributed by atoms with Gasteiger partial charge < -0.3 is 15.2 Å². The highest BCUT2D eigenvalue weighted by molar-refractivity contribution is 14.0. The predicted molar refractivity (Wildman–Crippen MR) is 133 cm³/mol. The molecule has 31 heavy (non-hydrogen) atoms. The molecule has 1 fully saturated rings. The Labute approximate surface area is 200 Å². The van der Waals surface area contributed by atoms with Gasteiger partial charge in [0, 0.05) is 37.4 Å². The average Bonchev–Trinajstić information content (AvgIpc) is 3.43. The van der Waals surface area contributed by atoms with Crippen LogP contribution in [0.4, 0.5) is 4.39 Å². The number of nitrogens with one attached hydrogen (secondary N) is 2. The van der Waals surface area contributed by atoms with E-state index in [2.05, 4.69) is 32.3 Å². The first kappa shape index (κ1) is 23.2. The Morgan fingerprint density at radius 3 is 2.55 bits per heavy atom. The molecule has 7 heteroatoms. The maximum Gasteiger partial charge on any atom is 0.191 e. The zero-order chi connectivity index (χ0) is 20.8. The van der Waals surface area contributed by atoms with Crippen molar-refractivity contribution in [1.29, 1.82) is 0 Å². The average molecular weight is 533 g/mol. The zero-order valence-electron chi connectivity index (χ0n) is 17.7. The van der Waals surface area contributed by atoms with Crippen molar-refractivity contribution < 1.29 is 4.39 Å². The van der Waals surface area contributed by atoms with Gasteiger partial charge in [0.1, 0.15) is 18.2 Å². The van der Waals surface area contributed by atoms with Crippen LogP contribution in [0.1, 0.15) is 36.7 Å². The first-order valence-electron chi connectivity index (χ1n) is 10.5. The molecule has 1 aromatic heterocycles. The highest BCUT2D eigenvalue weighted by Crippen LogP contribution is 2.48. The lowest BCUT2D eigenvalue weighted by atomic mass is 9.95. The van der Waals surface area contributed by atoms with Gasteiger partial charge in [-0.3, -0.25) is 0 Å². The first-order valence-corrected chi connectivity index (χ1v) is 10.5. The van der Waals surface area contributed by atoms with Crippen molar-refractivity contribution in [2.45, 2.75) is 38.3 Å². The Morgan fingerprint density at radius 2 is 1.84 bits per heavy atom. The smallest absolute Gasteiger partial charge is 0.191 e. The highest BCUT2D eigenvalue weighted by Gasteiger charge is 2.45. The molecule has 0 radical (unpaired) electrons. The Hall–Kier alpha value is -2.42. The summed E-state index contributed by atoms with van der Waals surface area (Å²) < 4.78 is 16.4. The minimum atomic E-state index is -0.132. The Bertz CT molecular complexity index is 998. The van der Waals surface area contributed by atoms with Crippen molar-refractivity contribution in [3.63, 3.8) is 0 Å². The summed E-state index contributed by atoms with van der Waals surface area (Å²) in [5.41, 5.74) is 1.89. The van der Waals surface area contributed by atoms with Gasteiger partial charge in [-0.1, -0.05) is 48.5 Å². The molecule has 3 aromatic rings. The fraction of sp³-hybridized carbons (Fsp3) is 0.333. The van der Waals surface area contributed by atoms with E-state index in [0.29, 0.717) is 13.1 Å². The monoisotopic (exact) mass is 533 g/mol. The normalized spacial score (nSPS) is 14.6.